The quantitative estimate of drug-likeness (QED) is 0.168. The highest BCUT2D eigenvalue weighted by molar-refractivity contribution is 5.80. The van der Waals surface area contributed by atoms with Crippen molar-refractivity contribution in [1.29, 1.82) is 0 Å². The fourth-order valence-corrected chi connectivity index (χ4v) is 5.09. The number of esters is 1. The van der Waals surface area contributed by atoms with Gasteiger partial charge in [-0.3, -0.25) is 14.4 Å². The van der Waals surface area contributed by atoms with Crippen molar-refractivity contribution in [1.82, 2.24) is 10.2 Å². The Kier molecular flexibility index (Phi) is 31.8. The van der Waals surface area contributed by atoms with Crippen molar-refractivity contribution >= 4 is 17.8 Å². The molecule has 0 aliphatic carbocycles. The smallest absolute Gasteiger partial charge is 0.306 e. The number of carbonyl (C=O) groups is 3. The first kappa shape index (κ1) is 50.2. The molecule has 45 heavy (non-hydrogen) atoms. The zero-order valence-corrected chi connectivity index (χ0v) is 33.0. The molecule has 0 radical (unpaired) electrons. The number of nitrogens with one attached hydrogen (secondary N) is 1. The predicted molar refractivity (Wildman–Crippen MR) is 191 cm³/mol. The van der Waals surface area contributed by atoms with E-state index in [4.69, 9.17) is 14.2 Å². The second kappa shape index (κ2) is 28.5. The number of ether oxygens (including phenoxy) is 3. The fourth-order valence-electron chi connectivity index (χ4n) is 5.09. The van der Waals surface area contributed by atoms with Crippen LogP contribution in [-0.2, 0) is 28.6 Å². The molecule has 0 aromatic carbocycles. The number of nitrogens with zero attached hydrogens (tertiary/aromatic N) is 1. The van der Waals surface area contributed by atoms with E-state index in [1.165, 1.54) is 19.3 Å². The average molecular weight is 647 g/mol. The van der Waals surface area contributed by atoms with Crippen LogP contribution in [0.5, 0.6) is 0 Å². The third-order valence-electron chi connectivity index (χ3n) is 7.39. The second-order valence-electron chi connectivity index (χ2n) is 13.4. The molecule has 2 amide bonds. The molecule has 1 fully saturated rings. The average Bonchev–Trinajstić information content (AvgIpc) is 3.41. The molecule has 1 aliphatic rings. The second-order valence-corrected chi connectivity index (χ2v) is 13.4. The molecular weight excluding hydrogens is 568 g/mol. The summed E-state index contributed by atoms with van der Waals surface area (Å²) in [6.07, 6.45) is 7.21. The molecule has 2 unspecified atom stereocenters. The minimum Gasteiger partial charge on any atom is -0.456 e. The molecule has 1 heterocycles. The highest BCUT2D eigenvalue weighted by Gasteiger charge is 2.38. The van der Waals surface area contributed by atoms with Crippen molar-refractivity contribution in [3.8, 4) is 0 Å². The monoisotopic (exact) mass is 647 g/mol. The van der Waals surface area contributed by atoms with E-state index in [1.54, 1.807) is 14.2 Å². The molecule has 0 aromatic heterocycles. The van der Waals surface area contributed by atoms with Crippen LogP contribution in [0.25, 0.3) is 0 Å². The Bertz CT molecular complexity index is 734. The van der Waals surface area contributed by atoms with Crippen LogP contribution >= 0.6 is 0 Å². The van der Waals surface area contributed by atoms with Gasteiger partial charge in [0, 0.05) is 33.7 Å². The van der Waals surface area contributed by atoms with Gasteiger partial charge in [0.15, 0.2) is 6.61 Å². The van der Waals surface area contributed by atoms with Gasteiger partial charge in [-0.05, 0) is 29.1 Å². The third-order valence-corrected chi connectivity index (χ3v) is 7.39. The summed E-state index contributed by atoms with van der Waals surface area (Å²) in [4.78, 5) is 39.2. The van der Waals surface area contributed by atoms with E-state index in [2.05, 4.69) is 46.9 Å². The van der Waals surface area contributed by atoms with Crippen LogP contribution in [0.4, 0.5) is 0 Å². The zero-order chi connectivity index (χ0) is 36.3. The number of carbonyl (C=O) groups excluding carboxylic acids is 3. The summed E-state index contributed by atoms with van der Waals surface area (Å²) < 4.78 is 15.9. The molecule has 1 rings (SSSR count). The molecule has 8 heteroatoms. The van der Waals surface area contributed by atoms with Gasteiger partial charge >= 0.3 is 5.97 Å². The molecule has 272 valence electrons. The van der Waals surface area contributed by atoms with E-state index < -0.39 is 0 Å². The molecule has 0 spiro atoms. The van der Waals surface area contributed by atoms with Gasteiger partial charge in [-0.15, -0.1) is 0 Å². The van der Waals surface area contributed by atoms with Gasteiger partial charge in [0.05, 0.1) is 25.2 Å². The SMILES string of the molecule is CC.CC.CC.CCC(C)(C)CC(=O)OCC(=O)NCC(C)(C)CC(C)(C)CC(=O)N1CC(OC)CC1COC.CCCCC. The standard InChI is InChI=1S/C26H48N2O6.C5H12.3C2H6/c1-10-24(2,3)13-23(31)34-16-21(29)27-18-26(6,7)17-25(4,5)12-22(30)28-14-20(33-9)11-19(28)15-32-8;1-3-5-4-2;3*1-2/h19-20H,10-18H2,1-9H3,(H,27,29);3-5H2,1-2H3;3*1-2H3. The normalized spacial score (nSPS) is 15.9. The summed E-state index contributed by atoms with van der Waals surface area (Å²) in [6.45, 7) is 32.0. The lowest BCUT2D eigenvalue weighted by molar-refractivity contribution is -0.150. The maximum Gasteiger partial charge on any atom is 0.306 e. The predicted octanol–water partition coefficient (Wildman–Crippen LogP) is 8.84. The van der Waals surface area contributed by atoms with Crippen LogP contribution in [0.2, 0.25) is 0 Å². The molecule has 0 bridgehead atoms. The summed E-state index contributed by atoms with van der Waals surface area (Å²) in [7, 11) is 3.33. The fraction of sp³-hybridized carbons (Fsp3) is 0.919. The minimum absolute atomic E-state index is 0.0381. The van der Waals surface area contributed by atoms with Crippen molar-refractivity contribution in [3.63, 3.8) is 0 Å². The Morgan fingerprint density at radius 1 is 0.800 bits per heavy atom. The van der Waals surface area contributed by atoms with Crippen molar-refractivity contribution in [3.05, 3.63) is 0 Å². The van der Waals surface area contributed by atoms with Gasteiger partial charge in [-0.2, -0.15) is 0 Å². The third kappa shape index (κ3) is 26.1. The first-order valence-electron chi connectivity index (χ1n) is 17.8. The molecule has 1 saturated heterocycles. The molecule has 2 atom stereocenters. The Balaban J connectivity index is -0.000000668. The number of amides is 2. The first-order chi connectivity index (χ1) is 21.0. The number of likely N-dealkylation sites (tertiary alicyclic amines) is 1. The molecule has 0 aromatic rings. The first-order valence-corrected chi connectivity index (χ1v) is 17.8. The topological polar surface area (TPSA) is 94.2 Å². The van der Waals surface area contributed by atoms with E-state index in [0.29, 0.717) is 26.1 Å². The molecule has 1 aliphatic heterocycles. The van der Waals surface area contributed by atoms with Gasteiger partial charge in [-0.1, -0.05) is 130 Å². The molecular formula is C37H78N2O6. The summed E-state index contributed by atoms with van der Waals surface area (Å²) in [6, 6.07) is 0.0381. The Hall–Kier alpha value is -1.67. The number of methoxy groups -OCH3 is 2. The number of unbranched alkanes of at least 4 members (excludes halogenated alkanes) is 2. The van der Waals surface area contributed by atoms with Gasteiger partial charge in [0.1, 0.15) is 0 Å². The zero-order valence-electron chi connectivity index (χ0n) is 33.0. The van der Waals surface area contributed by atoms with Crippen LogP contribution in [0.15, 0.2) is 0 Å². The Morgan fingerprint density at radius 3 is 1.76 bits per heavy atom. The maximum absolute atomic E-state index is 13.1. The van der Waals surface area contributed by atoms with Crippen LogP contribution < -0.4 is 5.32 Å². The van der Waals surface area contributed by atoms with E-state index >= 15 is 0 Å². The number of rotatable bonds is 16. The van der Waals surface area contributed by atoms with Crippen molar-refractivity contribution in [2.45, 2.75) is 167 Å². The van der Waals surface area contributed by atoms with E-state index in [9.17, 15) is 14.4 Å². The van der Waals surface area contributed by atoms with Crippen molar-refractivity contribution in [2.75, 3.05) is 40.5 Å². The lowest BCUT2D eigenvalue weighted by Crippen LogP contribution is -2.42. The van der Waals surface area contributed by atoms with E-state index in [-0.39, 0.29) is 59.2 Å². The minimum atomic E-state index is -0.356. The Labute approximate surface area is 280 Å². The number of hydrogen-bond acceptors (Lipinski definition) is 6. The summed E-state index contributed by atoms with van der Waals surface area (Å²) >= 11 is 0. The van der Waals surface area contributed by atoms with E-state index in [1.807, 2.05) is 67.2 Å². The molecule has 0 saturated carbocycles. The lowest BCUT2D eigenvalue weighted by Gasteiger charge is -2.36. The Morgan fingerprint density at radius 2 is 1.33 bits per heavy atom. The summed E-state index contributed by atoms with van der Waals surface area (Å²) in [5.41, 5.74) is -0.631. The highest BCUT2D eigenvalue weighted by atomic mass is 16.5. The molecule has 8 nitrogen and oxygen atoms in total. The van der Waals surface area contributed by atoms with Crippen LogP contribution in [-0.4, -0.2) is 75.4 Å². The number of hydrogen-bond donors (Lipinski definition) is 1. The van der Waals surface area contributed by atoms with Crippen molar-refractivity contribution in [2.24, 2.45) is 16.2 Å². The van der Waals surface area contributed by atoms with Crippen LogP contribution in [0.1, 0.15) is 155 Å². The summed E-state index contributed by atoms with van der Waals surface area (Å²) in [5, 5.41) is 2.88. The molecule has 1 N–H and O–H groups in total. The van der Waals surface area contributed by atoms with E-state index in [0.717, 1.165) is 19.3 Å². The lowest BCUT2D eigenvalue weighted by atomic mass is 9.73. The summed E-state index contributed by atoms with van der Waals surface area (Å²) in [5.74, 6) is -0.562. The van der Waals surface area contributed by atoms with Crippen LogP contribution in [0.3, 0.4) is 0 Å². The van der Waals surface area contributed by atoms with Gasteiger partial charge in [0.25, 0.3) is 5.91 Å². The van der Waals surface area contributed by atoms with Gasteiger partial charge < -0.3 is 24.4 Å². The van der Waals surface area contributed by atoms with Crippen LogP contribution in [0, 0.1) is 16.2 Å². The van der Waals surface area contributed by atoms with Gasteiger partial charge in [-0.25, -0.2) is 0 Å². The maximum atomic E-state index is 13.1. The van der Waals surface area contributed by atoms with Crippen molar-refractivity contribution < 1.29 is 28.6 Å². The van der Waals surface area contributed by atoms with Gasteiger partial charge in [0.2, 0.25) is 5.91 Å². The highest BCUT2D eigenvalue weighted by Crippen LogP contribution is 2.37. The largest absolute Gasteiger partial charge is 0.456 e.